The Morgan fingerprint density at radius 1 is 0.400 bits per heavy atom. The van der Waals surface area contributed by atoms with Gasteiger partial charge in [-0.25, -0.2) is 27.4 Å². The van der Waals surface area contributed by atoms with Crippen LogP contribution in [0.1, 0.15) is 124 Å². The summed E-state index contributed by atoms with van der Waals surface area (Å²) in [5, 5.41) is 0. The molecule has 0 atom stereocenters. The van der Waals surface area contributed by atoms with Crippen molar-refractivity contribution in [1.82, 2.24) is 13.7 Å². The molecular weight excluding hydrogens is 492 g/mol. The Kier molecular flexibility index (Phi) is 21.8. The van der Waals surface area contributed by atoms with Crippen LogP contribution in [-0.4, -0.2) is 13.7 Å². The smallest absolute Gasteiger partial charge is 0.240 e. The lowest BCUT2D eigenvalue weighted by atomic mass is 10.1. The first-order valence-corrected chi connectivity index (χ1v) is 16.5. The predicted molar refractivity (Wildman–Crippen MR) is 168 cm³/mol. The van der Waals surface area contributed by atoms with Gasteiger partial charge >= 0.3 is 0 Å². The first kappa shape index (κ1) is 35.7. The van der Waals surface area contributed by atoms with E-state index in [1.54, 1.807) is 0 Å². The lowest BCUT2D eigenvalue weighted by Crippen LogP contribution is -2.23. The van der Waals surface area contributed by atoms with E-state index < -0.39 is 0 Å². The molecule has 0 fully saturated rings. The summed E-state index contributed by atoms with van der Waals surface area (Å²) < 4.78 is 12.9. The van der Waals surface area contributed by atoms with Crippen molar-refractivity contribution < 1.29 is 13.7 Å². The molecule has 0 N–H and O–H groups in total. The second-order valence-corrected chi connectivity index (χ2v) is 11.5. The Balaban J connectivity index is 0.000000321. The number of aryl methyl sites for hydroxylation is 6. The summed E-state index contributed by atoms with van der Waals surface area (Å²) in [5.74, 6) is 0. The van der Waals surface area contributed by atoms with Crippen LogP contribution in [-0.2, 0) is 40.8 Å². The van der Waals surface area contributed by atoms with Crippen LogP contribution in [0.4, 0.5) is 0 Å². The topological polar surface area (TPSA) is 26.4 Å². The third-order valence-electron chi connectivity index (χ3n) is 7.38. The molecule has 0 aliphatic carbocycles. The number of rotatable bonds is 19. The fraction of sp³-hybridized carbons (Fsp3) is 0.735. The van der Waals surface area contributed by atoms with Crippen LogP contribution in [0.3, 0.4) is 0 Å². The molecule has 40 heavy (non-hydrogen) atoms. The van der Waals surface area contributed by atoms with Gasteiger partial charge in [0.05, 0.1) is 40.8 Å². The van der Waals surface area contributed by atoms with E-state index in [-0.39, 0.29) is 0 Å². The molecule has 0 amide bonds. The van der Waals surface area contributed by atoms with Crippen LogP contribution >= 0.6 is 0 Å². The van der Waals surface area contributed by atoms with Gasteiger partial charge in [0.15, 0.2) is 0 Å². The SMILES string of the molecule is CCCCCCCCCCCCn1cc[n+](C)c1.CCCCCCCCn1cc[n+](C)c1.CCn1cc[n+](C)c1. The largest absolute Gasteiger partial charge is 0.243 e. The first-order chi connectivity index (χ1) is 19.5. The van der Waals surface area contributed by atoms with Crippen LogP contribution in [0.15, 0.2) is 56.2 Å². The molecule has 0 saturated heterocycles. The van der Waals surface area contributed by atoms with Crippen molar-refractivity contribution in [2.24, 2.45) is 21.1 Å². The van der Waals surface area contributed by atoms with E-state index >= 15 is 0 Å². The maximum absolute atomic E-state index is 2.28. The van der Waals surface area contributed by atoms with Crippen LogP contribution in [0, 0.1) is 0 Å². The first-order valence-electron chi connectivity index (χ1n) is 16.5. The van der Waals surface area contributed by atoms with E-state index in [4.69, 9.17) is 0 Å². The van der Waals surface area contributed by atoms with Gasteiger partial charge in [-0.2, -0.15) is 0 Å². The molecule has 0 radical (unpaired) electrons. The summed E-state index contributed by atoms with van der Waals surface area (Å²) in [5.41, 5.74) is 0. The highest BCUT2D eigenvalue weighted by atomic mass is 15.1. The van der Waals surface area contributed by atoms with Gasteiger partial charge in [0.2, 0.25) is 19.0 Å². The summed E-state index contributed by atoms with van der Waals surface area (Å²) in [6.07, 6.45) is 41.4. The molecule has 0 spiro atoms. The molecule has 0 saturated carbocycles. The number of hydrogen-bond donors (Lipinski definition) is 0. The molecule has 6 heteroatoms. The molecule has 0 bridgehead atoms. The minimum atomic E-state index is 1.06. The summed E-state index contributed by atoms with van der Waals surface area (Å²) in [6, 6.07) is 0. The third-order valence-corrected chi connectivity index (χ3v) is 7.38. The lowest BCUT2D eigenvalue weighted by molar-refractivity contribution is -0.671. The van der Waals surface area contributed by atoms with E-state index in [0.29, 0.717) is 0 Å². The molecule has 0 aliphatic heterocycles. The van der Waals surface area contributed by atoms with Gasteiger partial charge in [-0.3, -0.25) is 0 Å². The fourth-order valence-electron chi connectivity index (χ4n) is 4.81. The highest BCUT2D eigenvalue weighted by Crippen LogP contribution is 2.11. The van der Waals surface area contributed by atoms with E-state index in [1.807, 2.05) is 17.8 Å². The van der Waals surface area contributed by atoms with Crippen molar-refractivity contribution >= 4 is 0 Å². The normalized spacial score (nSPS) is 10.7. The van der Waals surface area contributed by atoms with Crippen molar-refractivity contribution in [3.63, 3.8) is 0 Å². The predicted octanol–water partition coefficient (Wildman–Crippen LogP) is 7.24. The van der Waals surface area contributed by atoms with Gasteiger partial charge in [0.1, 0.15) is 37.2 Å². The van der Waals surface area contributed by atoms with Crippen LogP contribution in [0.25, 0.3) is 0 Å². The molecule has 3 aromatic rings. The van der Waals surface area contributed by atoms with Crippen LogP contribution in [0.2, 0.25) is 0 Å². The summed E-state index contributed by atoms with van der Waals surface area (Å²) >= 11 is 0. The van der Waals surface area contributed by atoms with Crippen molar-refractivity contribution in [3.05, 3.63) is 56.2 Å². The number of hydrogen-bond acceptors (Lipinski definition) is 0. The van der Waals surface area contributed by atoms with Crippen molar-refractivity contribution in [3.8, 4) is 0 Å². The molecule has 6 nitrogen and oxygen atoms in total. The van der Waals surface area contributed by atoms with Gasteiger partial charge in [-0.15, -0.1) is 0 Å². The Morgan fingerprint density at radius 3 is 0.950 bits per heavy atom. The Morgan fingerprint density at radius 2 is 0.700 bits per heavy atom. The minimum Gasteiger partial charge on any atom is -0.240 e. The van der Waals surface area contributed by atoms with Gasteiger partial charge in [-0.1, -0.05) is 90.9 Å². The zero-order valence-corrected chi connectivity index (χ0v) is 27.3. The average Bonchev–Trinajstić information content (AvgIpc) is 3.69. The molecule has 3 rings (SSSR count). The summed E-state index contributed by atoms with van der Waals surface area (Å²) in [7, 11) is 6.17. The highest BCUT2D eigenvalue weighted by Gasteiger charge is 2.00. The Bertz CT molecular complexity index is 938. The summed E-state index contributed by atoms with van der Waals surface area (Å²) in [6.45, 7) is 10.1. The highest BCUT2D eigenvalue weighted by molar-refractivity contribution is 4.66. The molecule has 3 heterocycles. The zero-order chi connectivity index (χ0) is 29.3. The molecule has 3 aromatic heterocycles. The summed E-state index contributed by atoms with van der Waals surface area (Å²) in [4.78, 5) is 0. The number of aromatic nitrogens is 6. The molecule has 228 valence electrons. The van der Waals surface area contributed by atoms with E-state index in [1.165, 1.54) is 116 Å². The molecule has 0 aromatic carbocycles. The standard InChI is InChI=1S/C16H31N2.C12H23N2.C6H11N2/c1-3-4-5-6-7-8-9-10-11-12-13-18-15-14-17(2)16-18;1-3-4-5-6-7-8-9-14-11-10-13(2)12-14;1-3-8-5-4-7(2)6-8/h14-16H,3-13H2,1-2H3;10-12H,3-9H2,1-2H3;4-6H,3H2,1-2H3/q3*+1. The minimum absolute atomic E-state index is 1.06. The molecular formula is C34H65N6+3. The maximum Gasteiger partial charge on any atom is 0.243 e. The van der Waals surface area contributed by atoms with E-state index in [0.717, 1.165) is 6.54 Å². The van der Waals surface area contributed by atoms with Crippen molar-refractivity contribution in [2.45, 2.75) is 143 Å². The quantitative estimate of drug-likeness (QED) is 0.110. The van der Waals surface area contributed by atoms with Crippen molar-refractivity contribution in [1.29, 1.82) is 0 Å². The third kappa shape index (κ3) is 19.7. The number of nitrogens with zero attached hydrogens (tertiary/aromatic N) is 6. The monoisotopic (exact) mass is 558 g/mol. The number of unbranched alkanes of at least 4 members (excludes halogenated alkanes) is 14. The zero-order valence-electron chi connectivity index (χ0n) is 27.3. The van der Waals surface area contributed by atoms with E-state index in [9.17, 15) is 0 Å². The second-order valence-electron chi connectivity index (χ2n) is 11.5. The Hall–Kier alpha value is -2.37. The second kappa shape index (κ2) is 24.4. The van der Waals surface area contributed by atoms with E-state index in [2.05, 4.69) is 108 Å². The lowest BCUT2D eigenvalue weighted by Gasteiger charge is -2.01. The van der Waals surface area contributed by atoms with Crippen LogP contribution < -0.4 is 13.7 Å². The average molecular weight is 558 g/mol. The van der Waals surface area contributed by atoms with Gasteiger partial charge < -0.3 is 0 Å². The van der Waals surface area contributed by atoms with Gasteiger partial charge in [0, 0.05) is 0 Å². The van der Waals surface area contributed by atoms with Crippen molar-refractivity contribution in [2.75, 3.05) is 0 Å². The molecule has 0 aliphatic rings. The Labute approximate surface area is 247 Å². The fourth-order valence-corrected chi connectivity index (χ4v) is 4.81. The number of imidazole rings is 3. The van der Waals surface area contributed by atoms with Gasteiger partial charge in [-0.05, 0) is 32.6 Å². The molecule has 0 unspecified atom stereocenters. The van der Waals surface area contributed by atoms with Crippen LogP contribution in [0.5, 0.6) is 0 Å². The maximum atomic E-state index is 2.28. The van der Waals surface area contributed by atoms with Gasteiger partial charge in [0.25, 0.3) is 0 Å².